The predicted octanol–water partition coefficient (Wildman–Crippen LogP) is 3.28. The second-order valence-electron chi connectivity index (χ2n) is 7.54. The number of pyridine rings is 1. The van der Waals surface area contributed by atoms with E-state index in [-0.39, 0.29) is 0 Å². The number of sulfonamides is 1. The van der Waals surface area contributed by atoms with E-state index in [0.29, 0.717) is 36.9 Å². The van der Waals surface area contributed by atoms with Crippen LogP contribution in [-0.4, -0.2) is 54.1 Å². The zero-order valence-corrected chi connectivity index (χ0v) is 18.1. The molecule has 0 radical (unpaired) electrons. The molecule has 1 aliphatic rings. The van der Waals surface area contributed by atoms with Gasteiger partial charge in [-0.25, -0.2) is 8.42 Å². The number of hydrogen-bond acceptors (Lipinski definition) is 7. The molecular weight excluding hydrogens is 424 g/mol. The highest BCUT2D eigenvalue weighted by molar-refractivity contribution is 7.89. The summed E-state index contributed by atoms with van der Waals surface area (Å²) in [7, 11) is -3.54. The van der Waals surface area contributed by atoms with Crippen molar-refractivity contribution in [1.82, 2.24) is 19.5 Å². The van der Waals surface area contributed by atoms with E-state index in [1.165, 1.54) is 0 Å². The molecule has 2 aromatic carbocycles. The first-order valence-electron chi connectivity index (χ1n) is 10.3. The lowest BCUT2D eigenvalue weighted by molar-refractivity contribution is 0.383. The van der Waals surface area contributed by atoms with E-state index in [4.69, 9.17) is 0 Å². The summed E-state index contributed by atoms with van der Waals surface area (Å²) < 4.78 is 27.9. The van der Waals surface area contributed by atoms with Gasteiger partial charge in [0.25, 0.3) is 0 Å². The van der Waals surface area contributed by atoms with Gasteiger partial charge in [0.1, 0.15) is 0 Å². The van der Waals surface area contributed by atoms with Gasteiger partial charge in [0.05, 0.1) is 4.90 Å². The topological polar surface area (TPSA) is 91.3 Å². The van der Waals surface area contributed by atoms with E-state index in [1.807, 2.05) is 54.6 Å². The van der Waals surface area contributed by atoms with Crippen LogP contribution >= 0.6 is 0 Å². The number of nitrogens with zero attached hydrogens (tertiary/aromatic N) is 5. The molecule has 3 heterocycles. The highest BCUT2D eigenvalue weighted by atomic mass is 32.2. The molecule has 9 heteroatoms. The molecule has 4 aromatic rings. The van der Waals surface area contributed by atoms with Crippen molar-refractivity contribution in [3.63, 3.8) is 0 Å². The summed E-state index contributed by atoms with van der Waals surface area (Å²) >= 11 is 0. The minimum absolute atomic E-state index is 0.330. The standard InChI is InChI=1S/C23H22N6O2S/c30-32(31,21-6-5-18-3-1-2-4-19(18)17-21)29-15-13-28(14-16-29)23-8-7-22(26-27-23)25-20-9-11-24-12-10-20/h1-12,17H,13-16H2,(H,24,25,26). The molecule has 1 N–H and O–H groups in total. The Kier molecular flexibility index (Phi) is 5.42. The maximum atomic E-state index is 13.2. The van der Waals surface area contributed by atoms with Crippen LogP contribution in [0.1, 0.15) is 0 Å². The summed E-state index contributed by atoms with van der Waals surface area (Å²) in [4.78, 5) is 6.37. The van der Waals surface area contributed by atoms with E-state index >= 15 is 0 Å². The monoisotopic (exact) mass is 446 g/mol. The van der Waals surface area contributed by atoms with E-state index in [1.54, 1.807) is 28.8 Å². The van der Waals surface area contributed by atoms with Crippen LogP contribution in [0.5, 0.6) is 0 Å². The van der Waals surface area contributed by atoms with Gasteiger partial charge in [-0.05, 0) is 47.2 Å². The van der Waals surface area contributed by atoms with Gasteiger partial charge >= 0.3 is 0 Å². The lowest BCUT2D eigenvalue weighted by atomic mass is 10.1. The molecule has 2 aromatic heterocycles. The molecule has 1 fully saturated rings. The first kappa shape index (κ1) is 20.3. The lowest BCUT2D eigenvalue weighted by Crippen LogP contribution is -2.49. The Balaban J connectivity index is 1.25. The zero-order chi connectivity index (χ0) is 22.0. The van der Waals surface area contributed by atoms with Gasteiger partial charge in [-0.3, -0.25) is 4.98 Å². The van der Waals surface area contributed by atoms with Gasteiger partial charge in [-0.2, -0.15) is 4.31 Å². The summed E-state index contributed by atoms with van der Waals surface area (Å²) in [6.07, 6.45) is 3.41. The van der Waals surface area contributed by atoms with Gasteiger partial charge in [-0.15, -0.1) is 10.2 Å². The lowest BCUT2D eigenvalue weighted by Gasteiger charge is -2.34. The molecule has 162 valence electrons. The minimum Gasteiger partial charge on any atom is -0.352 e. The van der Waals surface area contributed by atoms with E-state index in [2.05, 4.69) is 25.4 Å². The number of rotatable bonds is 5. The van der Waals surface area contributed by atoms with Crippen molar-refractivity contribution >= 4 is 38.1 Å². The van der Waals surface area contributed by atoms with Crippen LogP contribution < -0.4 is 10.2 Å². The van der Waals surface area contributed by atoms with Crippen LogP contribution in [0.4, 0.5) is 17.3 Å². The maximum Gasteiger partial charge on any atom is 0.243 e. The van der Waals surface area contributed by atoms with Crippen LogP contribution in [-0.2, 0) is 10.0 Å². The third-order valence-corrected chi connectivity index (χ3v) is 7.42. The summed E-state index contributed by atoms with van der Waals surface area (Å²) in [6.45, 7) is 1.90. The molecule has 0 unspecified atom stereocenters. The Morgan fingerprint density at radius 1 is 0.781 bits per heavy atom. The molecule has 5 rings (SSSR count). The van der Waals surface area contributed by atoms with E-state index in [9.17, 15) is 8.42 Å². The number of piperazine rings is 1. The average Bonchev–Trinajstić information content (AvgIpc) is 2.85. The van der Waals surface area contributed by atoms with Crippen LogP contribution in [0.15, 0.2) is 84.0 Å². The van der Waals surface area contributed by atoms with E-state index in [0.717, 1.165) is 22.3 Å². The summed E-state index contributed by atoms with van der Waals surface area (Å²) in [5.74, 6) is 1.37. The second-order valence-corrected chi connectivity index (χ2v) is 9.48. The molecule has 0 bridgehead atoms. The molecule has 0 amide bonds. The number of fused-ring (bicyclic) bond motifs is 1. The second kappa shape index (κ2) is 8.52. The van der Waals surface area contributed by atoms with Crippen molar-refractivity contribution in [3.05, 3.63) is 79.1 Å². The number of nitrogens with one attached hydrogen (secondary N) is 1. The Morgan fingerprint density at radius 2 is 1.53 bits per heavy atom. The minimum atomic E-state index is -3.54. The molecule has 0 saturated carbocycles. The SMILES string of the molecule is O=S(=O)(c1ccc2ccccc2c1)N1CCN(c2ccc(Nc3ccncc3)nn2)CC1. The molecular formula is C23H22N6O2S. The van der Waals surface area contributed by atoms with Crippen molar-refractivity contribution in [2.75, 3.05) is 36.4 Å². The fourth-order valence-electron chi connectivity index (χ4n) is 3.78. The quantitative estimate of drug-likeness (QED) is 0.503. The van der Waals surface area contributed by atoms with Crippen LogP contribution in [0.2, 0.25) is 0 Å². The van der Waals surface area contributed by atoms with Gasteiger partial charge < -0.3 is 10.2 Å². The van der Waals surface area contributed by atoms with Crippen LogP contribution in [0, 0.1) is 0 Å². The Bertz CT molecular complexity index is 1320. The van der Waals surface area contributed by atoms with Gasteiger partial charge in [0.15, 0.2) is 11.6 Å². The number of hydrogen-bond donors (Lipinski definition) is 1. The summed E-state index contributed by atoms with van der Waals surface area (Å²) in [5, 5.41) is 13.7. The molecule has 1 aliphatic heterocycles. The first-order valence-corrected chi connectivity index (χ1v) is 11.8. The van der Waals surface area contributed by atoms with Crippen molar-refractivity contribution in [1.29, 1.82) is 0 Å². The summed E-state index contributed by atoms with van der Waals surface area (Å²) in [5.41, 5.74) is 0.884. The largest absolute Gasteiger partial charge is 0.352 e. The van der Waals surface area contributed by atoms with Gasteiger partial charge in [0, 0.05) is 44.3 Å². The van der Waals surface area contributed by atoms with Crippen LogP contribution in [0.25, 0.3) is 10.8 Å². The highest BCUT2D eigenvalue weighted by Crippen LogP contribution is 2.24. The maximum absolute atomic E-state index is 13.2. The fourth-order valence-corrected chi connectivity index (χ4v) is 5.24. The molecule has 0 aliphatic carbocycles. The van der Waals surface area contributed by atoms with Crippen molar-refractivity contribution in [3.8, 4) is 0 Å². The predicted molar refractivity (Wildman–Crippen MR) is 124 cm³/mol. The molecule has 8 nitrogen and oxygen atoms in total. The number of anilines is 3. The third-order valence-electron chi connectivity index (χ3n) is 5.52. The van der Waals surface area contributed by atoms with Gasteiger partial charge in [-0.1, -0.05) is 30.3 Å². The smallest absolute Gasteiger partial charge is 0.243 e. The molecule has 0 atom stereocenters. The third kappa shape index (κ3) is 4.12. The van der Waals surface area contributed by atoms with Crippen LogP contribution in [0.3, 0.4) is 0 Å². The van der Waals surface area contributed by atoms with Crippen molar-refractivity contribution < 1.29 is 8.42 Å². The van der Waals surface area contributed by atoms with E-state index < -0.39 is 10.0 Å². The normalized spacial score (nSPS) is 15.1. The fraction of sp³-hybridized carbons (Fsp3) is 0.174. The zero-order valence-electron chi connectivity index (χ0n) is 17.3. The molecule has 1 saturated heterocycles. The Morgan fingerprint density at radius 3 is 2.25 bits per heavy atom. The average molecular weight is 447 g/mol. The van der Waals surface area contributed by atoms with Crippen molar-refractivity contribution in [2.24, 2.45) is 0 Å². The molecule has 32 heavy (non-hydrogen) atoms. The molecule has 0 spiro atoms. The number of benzene rings is 2. The van der Waals surface area contributed by atoms with Gasteiger partial charge in [0.2, 0.25) is 10.0 Å². The Labute approximate surface area is 186 Å². The first-order chi connectivity index (χ1) is 15.6. The number of aromatic nitrogens is 3. The summed E-state index contributed by atoms with van der Waals surface area (Å²) in [6, 6.07) is 20.5. The highest BCUT2D eigenvalue weighted by Gasteiger charge is 2.29. The Hall–Kier alpha value is -3.56. The van der Waals surface area contributed by atoms with Crippen molar-refractivity contribution in [2.45, 2.75) is 4.90 Å².